The molecule has 0 radical (unpaired) electrons. The summed E-state index contributed by atoms with van der Waals surface area (Å²) in [5.41, 5.74) is 9.44. The van der Waals surface area contributed by atoms with Crippen molar-refractivity contribution in [3.05, 3.63) is 59.2 Å². The van der Waals surface area contributed by atoms with Crippen LogP contribution in [0, 0.1) is 13.8 Å². The van der Waals surface area contributed by atoms with Crippen LogP contribution in [-0.2, 0) is 6.54 Å². The standard InChI is InChI=1S/C15H17NS/c1-11-3-6-15(9-12(11)2)17-14-7-4-13(10-16)5-8-14/h3-9H,10,16H2,1-2H3. The van der Waals surface area contributed by atoms with E-state index in [0.717, 1.165) is 0 Å². The summed E-state index contributed by atoms with van der Waals surface area (Å²) >= 11 is 1.79. The molecule has 0 aliphatic rings. The van der Waals surface area contributed by atoms with Gasteiger partial charge in [0.05, 0.1) is 0 Å². The first-order chi connectivity index (χ1) is 8.19. The second kappa shape index (κ2) is 5.39. The number of benzene rings is 2. The Hall–Kier alpha value is -1.25. The zero-order valence-corrected chi connectivity index (χ0v) is 11.1. The van der Waals surface area contributed by atoms with Gasteiger partial charge in [0.25, 0.3) is 0 Å². The van der Waals surface area contributed by atoms with Crippen molar-refractivity contribution in [2.24, 2.45) is 5.73 Å². The summed E-state index contributed by atoms with van der Waals surface area (Å²) in [5, 5.41) is 0. The van der Waals surface area contributed by atoms with Crippen LogP contribution in [-0.4, -0.2) is 0 Å². The summed E-state index contributed by atoms with van der Waals surface area (Å²) in [6.45, 7) is 4.89. The van der Waals surface area contributed by atoms with Crippen molar-refractivity contribution >= 4 is 11.8 Å². The van der Waals surface area contributed by atoms with E-state index in [4.69, 9.17) is 5.73 Å². The molecule has 0 amide bonds. The Morgan fingerprint density at radius 3 is 2.12 bits per heavy atom. The van der Waals surface area contributed by atoms with E-state index in [1.807, 2.05) is 0 Å². The van der Waals surface area contributed by atoms with Crippen molar-refractivity contribution in [1.29, 1.82) is 0 Å². The summed E-state index contributed by atoms with van der Waals surface area (Å²) in [4.78, 5) is 2.54. The summed E-state index contributed by atoms with van der Waals surface area (Å²) in [5.74, 6) is 0. The lowest BCUT2D eigenvalue weighted by Gasteiger charge is -2.05. The molecule has 1 nitrogen and oxygen atoms in total. The van der Waals surface area contributed by atoms with Gasteiger partial charge in [0.2, 0.25) is 0 Å². The summed E-state index contributed by atoms with van der Waals surface area (Å²) in [6.07, 6.45) is 0. The van der Waals surface area contributed by atoms with Gasteiger partial charge in [-0.2, -0.15) is 0 Å². The largest absolute Gasteiger partial charge is 0.326 e. The van der Waals surface area contributed by atoms with Crippen LogP contribution < -0.4 is 5.73 Å². The highest BCUT2D eigenvalue weighted by Crippen LogP contribution is 2.29. The minimum absolute atomic E-state index is 0.606. The first kappa shape index (κ1) is 12.2. The fourth-order valence-corrected chi connectivity index (χ4v) is 2.52. The molecule has 2 heteroatoms. The minimum atomic E-state index is 0.606. The molecule has 0 fully saturated rings. The SMILES string of the molecule is Cc1ccc(Sc2ccc(CN)cc2)cc1C. The third-order valence-electron chi connectivity index (χ3n) is 2.87. The Balaban J connectivity index is 2.16. The van der Waals surface area contributed by atoms with E-state index in [0.29, 0.717) is 6.54 Å². The lowest BCUT2D eigenvalue weighted by Crippen LogP contribution is -1.94. The average molecular weight is 243 g/mol. The molecule has 0 bridgehead atoms. The lowest BCUT2D eigenvalue weighted by molar-refractivity contribution is 1.07. The number of rotatable bonds is 3. The van der Waals surface area contributed by atoms with Gasteiger partial charge in [-0.25, -0.2) is 0 Å². The molecule has 0 aliphatic carbocycles. The molecular weight excluding hydrogens is 226 g/mol. The Bertz CT molecular complexity index is 503. The highest BCUT2D eigenvalue weighted by Gasteiger charge is 1.99. The molecule has 0 aromatic heterocycles. The van der Waals surface area contributed by atoms with E-state index in [-0.39, 0.29) is 0 Å². The third-order valence-corrected chi connectivity index (χ3v) is 3.87. The van der Waals surface area contributed by atoms with E-state index < -0.39 is 0 Å². The maximum Gasteiger partial charge on any atom is 0.0178 e. The van der Waals surface area contributed by atoms with Gasteiger partial charge in [0.15, 0.2) is 0 Å². The fourth-order valence-electron chi connectivity index (χ4n) is 1.61. The maximum atomic E-state index is 5.58. The molecule has 0 unspecified atom stereocenters. The van der Waals surface area contributed by atoms with Crippen LogP contribution in [0.25, 0.3) is 0 Å². The molecule has 2 N–H and O–H groups in total. The zero-order chi connectivity index (χ0) is 12.3. The van der Waals surface area contributed by atoms with Gasteiger partial charge in [-0.15, -0.1) is 0 Å². The molecule has 17 heavy (non-hydrogen) atoms. The van der Waals surface area contributed by atoms with Crippen LogP contribution >= 0.6 is 11.8 Å². The molecule has 0 heterocycles. The van der Waals surface area contributed by atoms with Gasteiger partial charge in [0.1, 0.15) is 0 Å². The van der Waals surface area contributed by atoms with Crippen molar-refractivity contribution in [1.82, 2.24) is 0 Å². The van der Waals surface area contributed by atoms with Gasteiger partial charge in [0, 0.05) is 16.3 Å². The highest BCUT2D eigenvalue weighted by atomic mass is 32.2. The number of hydrogen-bond acceptors (Lipinski definition) is 2. The molecule has 0 saturated heterocycles. The summed E-state index contributed by atoms with van der Waals surface area (Å²) in [7, 11) is 0. The summed E-state index contributed by atoms with van der Waals surface area (Å²) < 4.78 is 0. The van der Waals surface area contributed by atoms with Gasteiger partial charge in [-0.3, -0.25) is 0 Å². The second-order valence-corrected chi connectivity index (χ2v) is 5.34. The molecule has 0 atom stereocenters. The first-order valence-corrected chi connectivity index (χ1v) is 6.55. The highest BCUT2D eigenvalue weighted by molar-refractivity contribution is 7.99. The Kier molecular flexibility index (Phi) is 3.87. The van der Waals surface area contributed by atoms with Crippen molar-refractivity contribution < 1.29 is 0 Å². The van der Waals surface area contributed by atoms with Crippen molar-refractivity contribution in [3.8, 4) is 0 Å². The number of hydrogen-bond donors (Lipinski definition) is 1. The predicted molar refractivity (Wildman–Crippen MR) is 74.4 cm³/mol. The van der Waals surface area contributed by atoms with E-state index in [1.165, 1.54) is 26.5 Å². The molecule has 2 aromatic carbocycles. The monoisotopic (exact) mass is 243 g/mol. The smallest absolute Gasteiger partial charge is 0.0178 e. The Labute approximate surface area is 107 Å². The van der Waals surface area contributed by atoms with Crippen molar-refractivity contribution in [2.75, 3.05) is 0 Å². The van der Waals surface area contributed by atoms with Crippen LogP contribution in [0.15, 0.2) is 52.3 Å². The van der Waals surface area contributed by atoms with Crippen LogP contribution in [0.4, 0.5) is 0 Å². The van der Waals surface area contributed by atoms with Crippen LogP contribution in [0.5, 0.6) is 0 Å². The zero-order valence-electron chi connectivity index (χ0n) is 10.2. The average Bonchev–Trinajstić information content (AvgIpc) is 2.35. The van der Waals surface area contributed by atoms with Gasteiger partial charge in [-0.05, 0) is 54.8 Å². The van der Waals surface area contributed by atoms with Crippen molar-refractivity contribution in [2.45, 2.75) is 30.2 Å². The van der Waals surface area contributed by atoms with Crippen LogP contribution in [0.1, 0.15) is 16.7 Å². The van der Waals surface area contributed by atoms with E-state index in [1.54, 1.807) is 11.8 Å². The van der Waals surface area contributed by atoms with E-state index >= 15 is 0 Å². The molecule has 2 aromatic rings. The maximum absolute atomic E-state index is 5.58. The quantitative estimate of drug-likeness (QED) is 0.884. The van der Waals surface area contributed by atoms with Crippen LogP contribution in [0.3, 0.4) is 0 Å². The number of nitrogens with two attached hydrogens (primary N) is 1. The number of aryl methyl sites for hydroxylation is 2. The Morgan fingerprint density at radius 1 is 0.882 bits per heavy atom. The van der Waals surface area contributed by atoms with Crippen LogP contribution in [0.2, 0.25) is 0 Å². The second-order valence-electron chi connectivity index (χ2n) is 4.20. The lowest BCUT2D eigenvalue weighted by atomic mass is 10.1. The molecule has 2 rings (SSSR count). The molecule has 0 aliphatic heterocycles. The normalized spacial score (nSPS) is 10.5. The minimum Gasteiger partial charge on any atom is -0.326 e. The fraction of sp³-hybridized carbons (Fsp3) is 0.200. The molecule has 0 spiro atoms. The van der Waals surface area contributed by atoms with E-state index in [9.17, 15) is 0 Å². The van der Waals surface area contributed by atoms with E-state index in [2.05, 4.69) is 56.3 Å². The van der Waals surface area contributed by atoms with Gasteiger partial charge >= 0.3 is 0 Å². The molecule has 88 valence electrons. The molecular formula is C15H17NS. The predicted octanol–water partition coefficient (Wildman–Crippen LogP) is 3.91. The van der Waals surface area contributed by atoms with Gasteiger partial charge in [-0.1, -0.05) is 30.0 Å². The first-order valence-electron chi connectivity index (χ1n) is 5.73. The summed E-state index contributed by atoms with van der Waals surface area (Å²) in [6, 6.07) is 15.0. The topological polar surface area (TPSA) is 26.0 Å². The Morgan fingerprint density at radius 2 is 1.53 bits per heavy atom. The third kappa shape index (κ3) is 3.11. The van der Waals surface area contributed by atoms with Crippen molar-refractivity contribution in [3.63, 3.8) is 0 Å². The van der Waals surface area contributed by atoms with Gasteiger partial charge < -0.3 is 5.73 Å². The molecule has 0 saturated carbocycles.